The Balaban J connectivity index is 3.08. The van der Waals surface area contributed by atoms with Gasteiger partial charge in [0.25, 0.3) is 0 Å². The molecule has 0 aliphatic rings. The number of rotatable bonds is 7. The van der Waals surface area contributed by atoms with Gasteiger partial charge in [-0.3, -0.25) is 4.79 Å². The zero-order valence-corrected chi connectivity index (χ0v) is 9.47. The first-order valence-corrected chi connectivity index (χ1v) is 6.18. The van der Waals surface area contributed by atoms with Crippen molar-refractivity contribution < 1.29 is 9.53 Å². The largest absolute Gasteiger partial charge is 0.465 e. The molecule has 0 saturated carbocycles. The number of thioether (sulfide) groups is 1. The Labute approximate surface area is 88.6 Å². The van der Waals surface area contributed by atoms with E-state index in [4.69, 9.17) is 4.74 Å². The number of hydrogen-bond donors (Lipinski definition) is 2. The van der Waals surface area contributed by atoms with Gasteiger partial charge in [-0.15, -0.1) is 0 Å². The first-order chi connectivity index (χ1) is 5.81. The van der Waals surface area contributed by atoms with Gasteiger partial charge in [-0.25, -0.2) is 0 Å². The standard InChI is InChI=1S/C7H14O2S3/c8-7(9-2-3-10)1-5-12-6-4-11/h10-11H,1-6H2. The summed E-state index contributed by atoms with van der Waals surface area (Å²) in [6, 6.07) is 0. The molecule has 0 rings (SSSR count). The topological polar surface area (TPSA) is 26.3 Å². The lowest BCUT2D eigenvalue weighted by molar-refractivity contribution is -0.142. The summed E-state index contributed by atoms with van der Waals surface area (Å²) < 4.78 is 4.82. The summed E-state index contributed by atoms with van der Waals surface area (Å²) in [4.78, 5) is 10.9. The minimum absolute atomic E-state index is 0.129. The predicted octanol–water partition coefficient (Wildman–Crippen LogP) is 1.51. The summed E-state index contributed by atoms with van der Waals surface area (Å²) >= 11 is 9.70. The zero-order chi connectivity index (χ0) is 9.23. The van der Waals surface area contributed by atoms with E-state index in [9.17, 15) is 4.79 Å². The minimum Gasteiger partial charge on any atom is -0.465 e. The summed E-state index contributed by atoms with van der Waals surface area (Å²) in [6.45, 7) is 0.416. The Bertz CT molecular complexity index is 119. The molecule has 0 spiro atoms. The number of hydrogen-bond acceptors (Lipinski definition) is 5. The third-order valence-corrected chi connectivity index (χ3v) is 2.73. The van der Waals surface area contributed by atoms with E-state index in [1.54, 1.807) is 11.8 Å². The average Bonchev–Trinajstić information content (AvgIpc) is 2.09. The fourth-order valence-corrected chi connectivity index (χ4v) is 1.68. The quantitative estimate of drug-likeness (QED) is 0.391. The van der Waals surface area contributed by atoms with E-state index in [0.717, 1.165) is 17.3 Å². The highest BCUT2D eigenvalue weighted by Gasteiger charge is 2.00. The molecule has 0 radical (unpaired) electrons. The van der Waals surface area contributed by atoms with Crippen LogP contribution in [0.5, 0.6) is 0 Å². The molecule has 0 unspecified atom stereocenters. The van der Waals surface area contributed by atoms with Gasteiger partial charge in [0.2, 0.25) is 0 Å². The van der Waals surface area contributed by atoms with Crippen LogP contribution >= 0.6 is 37.0 Å². The van der Waals surface area contributed by atoms with Gasteiger partial charge in [0, 0.05) is 17.3 Å². The van der Waals surface area contributed by atoms with E-state index in [-0.39, 0.29) is 5.97 Å². The SMILES string of the molecule is O=C(CCSCCS)OCCS. The van der Waals surface area contributed by atoms with E-state index in [0.29, 0.717) is 18.8 Å². The fourth-order valence-electron chi connectivity index (χ4n) is 0.554. The molecule has 0 bridgehead atoms. The van der Waals surface area contributed by atoms with Crippen LogP contribution in [-0.4, -0.2) is 35.6 Å². The van der Waals surface area contributed by atoms with Gasteiger partial charge in [-0.1, -0.05) is 0 Å². The molecule has 0 amide bonds. The van der Waals surface area contributed by atoms with Gasteiger partial charge in [0.15, 0.2) is 0 Å². The highest BCUT2D eigenvalue weighted by molar-refractivity contribution is 8.00. The number of esters is 1. The molecule has 0 saturated heterocycles. The molecule has 72 valence electrons. The van der Waals surface area contributed by atoms with Crippen LogP contribution in [0.15, 0.2) is 0 Å². The van der Waals surface area contributed by atoms with Gasteiger partial charge in [0.1, 0.15) is 6.61 Å². The molecule has 0 fully saturated rings. The second kappa shape index (κ2) is 9.61. The maximum atomic E-state index is 10.9. The van der Waals surface area contributed by atoms with E-state index in [2.05, 4.69) is 25.3 Å². The van der Waals surface area contributed by atoms with Crippen molar-refractivity contribution in [1.29, 1.82) is 0 Å². The summed E-state index contributed by atoms with van der Waals surface area (Å²) in [7, 11) is 0. The molecular weight excluding hydrogens is 212 g/mol. The minimum atomic E-state index is -0.129. The van der Waals surface area contributed by atoms with E-state index < -0.39 is 0 Å². The highest BCUT2D eigenvalue weighted by atomic mass is 32.2. The Kier molecular flexibility index (Phi) is 10.0. The third kappa shape index (κ3) is 8.62. The van der Waals surface area contributed by atoms with E-state index in [1.165, 1.54) is 0 Å². The Hall–Kier alpha value is 0.520. The van der Waals surface area contributed by atoms with Crippen LogP contribution in [0.2, 0.25) is 0 Å². The zero-order valence-electron chi connectivity index (χ0n) is 6.86. The third-order valence-electron chi connectivity index (χ3n) is 1.04. The molecule has 0 atom stereocenters. The first-order valence-electron chi connectivity index (χ1n) is 3.76. The van der Waals surface area contributed by atoms with Crippen LogP contribution in [0.4, 0.5) is 0 Å². The lowest BCUT2D eigenvalue weighted by Gasteiger charge is -2.01. The molecule has 2 nitrogen and oxygen atoms in total. The van der Waals surface area contributed by atoms with Crippen LogP contribution in [0.1, 0.15) is 6.42 Å². The van der Waals surface area contributed by atoms with Crippen LogP contribution in [-0.2, 0) is 9.53 Å². The van der Waals surface area contributed by atoms with Crippen molar-refractivity contribution in [3.05, 3.63) is 0 Å². The summed E-state index contributed by atoms with van der Waals surface area (Å²) in [6.07, 6.45) is 0.492. The average molecular weight is 226 g/mol. The molecule has 0 aliphatic heterocycles. The van der Waals surface area contributed by atoms with Gasteiger partial charge < -0.3 is 4.74 Å². The van der Waals surface area contributed by atoms with E-state index in [1.807, 2.05) is 0 Å². The second-order valence-electron chi connectivity index (χ2n) is 2.03. The summed E-state index contributed by atoms with van der Waals surface area (Å²) in [5, 5.41) is 0. The Morgan fingerprint density at radius 2 is 2.00 bits per heavy atom. The molecule has 0 aromatic carbocycles. The molecule has 0 aliphatic carbocycles. The molecule has 0 N–H and O–H groups in total. The highest BCUT2D eigenvalue weighted by Crippen LogP contribution is 2.03. The van der Waals surface area contributed by atoms with Crippen LogP contribution < -0.4 is 0 Å². The summed E-state index contributed by atoms with van der Waals surface area (Å²) in [5.41, 5.74) is 0. The smallest absolute Gasteiger partial charge is 0.306 e. The molecule has 0 aromatic heterocycles. The lowest BCUT2D eigenvalue weighted by Crippen LogP contribution is -2.07. The molecule has 12 heavy (non-hydrogen) atoms. The Morgan fingerprint density at radius 3 is 2.58 bits per heavy atom. The predicted molar refractivity (Wildman–Crippen MR) is 60.6 cm³/mol. The number of carbonyl (C=O) groups is 1. The van der Waals surface area contributed by atoms with Crippen molar-refractivity contribution in [1.82, 2.24) is 0 Å². The maximum Gasteiger partial charge on any atom is 0.306 e. The van der Waals surface area contributed by atoms with Gasteiger partial charge >= 0.3 is 5.97 Å². The van der Waals surface area contributed by atoms with Crippen molar-refractivity contribution in [3.8, 4) is 0 Å². The Morgan fingerprint density at radius 1 is 1.25 bits per heavy atom. The number of thiol groups is 2. The monoisotopic (exact) mass is 226 g/mol. The van der Waals surface area contributed by atoms with Gasteiger partial charge in [-0.05, 0) is 5.75 Å². The van der Waals surface area contributed by atoms with Gasteiger partial charge in [0.05, 0.1) is 6.42 Å². The second-order valence-corrected chi connectivity index (χ2v) is 4.15. The fraction of sp³-hybridized carbons (Fsp3) is 0.857. The first kappa shape index (κ1) is 12.5. The van der Waals surface area contributed by atoms with Crippen LogP contribution in [0, 0.1) is 0 Å². The van der Waals surface area contributed by atoms with Crippen molar-refractivity contribution in [2.75, 3.05) is 29.6 Å². The van der Waals surface area contributed by atoms with Crippen LogP contribution in [0.3, 0.4) is 0 Å². The van der Waals surface area contributed by atoms with Crippen molar-refractivity contribution in [3.63, 3.8) is 0 Å². The van der Waals surface area contributed by atoms with Crippen molar-refractivity contribution in [2.45, 2.75) is 6.42 Å². The maximum absolute atomic E-state index is 10.9. The normalized spacial score (nSPS) is 9.83. The van der Waals surface area contributed by atoms with Crippen molar-refractivity contribution in [2.24, 2.45) is 0 Å². The van der Waals surface area contributed by atoms with Crippen molar-refractivity contribution >= 4 is 43.0 Å². The summed E-state index contributed by atoms with van der Waals surface area (Å²) in [5.74, 6) is 3.14. The number of carbonyl (C=O) groups excluding carboxylic acids is 1. The molecule has 0 aromatic rings. The molecule has 5 heteroatoms. The van der Waals surface area contributed by atoms with E-state index >= 15 is 0 Å². The lowest BCUT2D eigenvalue weighted by atomic mass is 10.5. The van der Waals surface area contributed by atoms with Gasteiger partial charge in [-0.2, -0.15) is 37.0 Å². The molecular formula is C7H14O2S3. The molecule has 0 heterocycles. The number of ether oxygens (including phenoxy) is 1. The van der Waals surface area contributed by atoms with Crippen LogP contribution in [0.25, 0.3) is 0 Å².